The Balaban J connectivity index is 2.11. The average molecular weight is 190 g/mol. The highest BCUT2D eigenvalue weighted by atomic mass is 35.5. The summed E-state index contributed by atoms with van der Waals surface area (Å²) in [5, 5.41) is 3.93. The predicted octanol–water partition coefficient (Wildman–Crippen LogP) is 2.93. The van der Waals surface area contributed by atoms with Crippen molar-refractivity contribution in [1.29, 1.82) is 0 Å². The molecule has 1 aliphatic carbocycles. The van der Waals surface area contributed by atoms with Crippen LogP contribution in [-0.2, 0) is 0 Å². The zero-order valence-electron chi connectivity index (χ0n) is 7.98. The second-order valence-electron chi connectivity index (χ2n) is 3.71. The molecule has 1 nitrogen and oxygen atoms in total. The van der Waals surface area contributed by atoms with E-state index < -0.39 is 0 Å². The molecule has 0 bridgehead atoms. The molecule has 72 valence electrons. The summed E-state index contributed by atoms with van der Waals surface area (Å²) in [5.74, 6) is 0. The Bertz CT molecular complexity index is 116. The maximum absolute atomic E-state index is 6.20. The second-order valence-corrected chi connectivity index (χ2v) is 4.28. The highest BCUT2D eigenvalue weighted by Gasteiger charge is 2.21. The Morgan fingerprint density at radius 1 is 1.33 bits per heavy atom. The first-order valence-electron chi connectivity index (χ1n) is 5.22. The molecule has 1 rings (SSSR count). The number of halogens is 1. The van der Waals surface area contributed by atoms with Crippen LogP contribution in [0.25, 0.3) is 0 Å². The van der Waals surface area contributed by atoms with Crippen molar-refractivity contribution >= 4 is 11.6 Å². The minimum Gasteiger partial charge on any atom is -0.313 e. The third kappa shape index (κ3) is 3.32. The van der Waals surface area contributed by atoms with Crippen LogP contribution in [0.2, 0.25) is 0 Å². The third-order valence-corrected chi connectivity index (χ3v) is 3.14. The molecule has 0 aliphatic heterocycles. The van der Waals surface area contributed by atoms with Crippen molar-refractivity contribution in [3.63, 3.8) is 0 Å². The number of hydrogen-bond donors (Lipinski definition) is 1. The third-order valence-electron chi connectivity index (χ3n) is 2.62. The Labute approximate surface area is 80.9 Å². The van der Waals surface area contributed by atoms with Gasteiger partial charge in [-0.05, 0) is 25.8 Å². The lowest BCUT2D eigenvalue weighted by Crippen LogP contribution is -2.39. The van der Waals surface area contributed by atoms with Gasteiger partial charge in [0, 0.05) is 11.4 Å². The molecule has 0 amide bonds. The van der Waals surface area contributed by atoms with E-state index in [4.69, 9.17) is 11.6 Å². The standard InChI is InChI=1S/C10H20ClN/c1-2-3-8-12-10-7-5-4-6-9(10)11/h9-10,12H,2-8H2,1H3. The van der Waals surface area contributed by atoms with Crippen LogP contribution in [0.4, 0.5) is 0 Å². The zero-order chi connectivity index (χ0) is 8.81. The molecule has 0 spiro atoms. The number of alkyl halides is 1. The minimum absolute atomic E-state index is 0.385. The predicted molar refractivity (Wildman–Crippen MR) is 54.8 cm³/mol. The van der Waals surface area contributed by atoms with E-state index in [1.165, 1.54) is 38.5 Å². The number of nitrogens with one attached hydrogen (secondary N) is 1. The maximum Gasteiger partial charge on any atom is 0.0489 e. The van der Waals surface area contributed by atoms with Gasteiger partial charge in [0.2, 0.25) is 0 Å². The van der Waals surface area contributed by atoms with Crippen molar-refractivity contribution in [3.05, 3.63) is 0 Å². The Hall–Kier alpha value is 0.250. The van der Waals surface area contributed by atoms with E-state index >= 15 is 0 Å². The molecule has 2 unspecified atom stereocenters. The van der Waals surface area contributed by atoms with E-state index in [0.717, 1.165) is 6.54 Å². The van der Waals surface area contributed by atoms with Crippen LogP contribution in [0.3, 0.4) is 0 Å². The Morgan fingerprint density at radius 3 is 2.75 bits per heavy atom. The summed E-state index contributed by atoms with van der Waals surface area (Å²) in [4.78, 5) is 0. The molecule has 0 aromatic rings. The lowest BCUT2D eigenvalue weighted by Gasteiger charge is -2.27. The molecule has 0 heterocycles. The lowest BCUT2D eigenvalue weighted by molar-refractivity contribution is 0.378. The smallest absolute Gasteiger partial charge is 0.0489 e. The van der Waals surface area contributed by atoms with Crippen LogP contribution in [0, 0.1) is 0 Å². The van der Waals surface area contributed by atoms with E-state index in [1.54, 1.807) is 0 Å². The zero-order valence-corrected chi connectivity index (χ0v) is 8.74. The molecule has 2 heteroatoms. The van der Waals surface area contributed by atoms with Gasteiger partial charge in [0.25, 0.3) is 0 Å². The topological polar surface area (TPSA) is 12.0 Å². The van der Waals surface area contributed by atoms with Crippen LogP contribution in [0.5, 0.6) is 0 Å². The van der Waals surface area contributed by atoms with Crippen molar-refractivity contribution in [2.24, 2.45) is 0 Å². The van der Waals surface area contributed by atoms with E-state index in [0.29, 0.717) is 11.4 Å². The van der Waals surface area contributed by atoms with Gasteiger partial charge in [0.05, 0.1) is 0 Å². The number of rotatable bonds is 4. The summed E-state index contributed by atoms with van der Waals surface area (Å²) in [6, 6.07) is 0.590. The van der Waals surface area contributed by atoms with Crippen LogP contribution in [0.1, 0.15) is 45.4 Å². The molecule has 0 aromatic carbocycles. The molecular weight excluding hydrogens is 170 g/mol. The largest absolute Gasteiger partial charge is 0.313 e. The highest BCUT2D eigenvalue weighted by molar-refractivity contribution is 6.21. The molecule has 0 radical (unpaired) electrons. The van der Waals surface area contributed by atoms with Gasteiger partial charge in [-0.15, -0.1) is 11.6 Å². The fourth-order valence-electron chi connectivity index (χ4n) is 1.78. The molecule has 1 aliphatic rings. The van der Waals surface area contributed by atoms with Gasteiger partial charge in [-0.1, -0.05) is 26.2 Å². The number of hydrogen-bond acceptors (Lipinski definition) is 1. The molecule has 12 heavy (non-hydrogen) atoms. The maximum atomic E-state index is 6.20. The van der Waals surface area contributed by atoms with E-state index in [-0.39, 0.29) is 0 Å². The average Bonchev–Trinajstić information content (AvgIpc) is 2.09. The van der Waals surface area contributed by atoms with Gasteiger partial charge in [0.15, 0.2) is 0 Å². The molecular formula is C10H20ClN. The summed E-state index contributed by atoms with van der Waals surface area (Å²) >= 11 is 6.20. The van der Waals surface area contributed by atoms with Gasteiger partial charge < -0.3 is 5.32 Å². The summed E-state index contributed by atoms with van der Waals surface area (Å²) in [6.07, 6.45) is 7.70. The van der Waals surface area contributed by atoms with Crippen LogP contribution in [0.15, 0.2) is 0 Å². The van der Waals surface area contributed by atoms with Gasteiger partial charge in [-0.2, -0.15) is 0 Å². The fraction of sp³-hybridized carbons (Fsp3) is 1.00. The van der Waals surface area contributed by atoms with Crippen LogP contribution in [-0.4, -0.2) is 18.0 Å². The number of unbranched alkanes of at least 4 members (excludes halogenated alkanes) is 1. The Morgan fingerprint density at radius 2 is 2.08 bits per heavy atom. The molecule has 2 atom stereocenters. The molecule has 0 saturated heterocycles. The molecule has 0 aromatic heterocycles. The lowest BCUT2D eigenvalue weighted by atomic mass is 9.95. The SMILES string of the molecule is CCCCNC1CCCCC1Cl. The Kier molecular flexibility index (Phi) is 5.01. The van der Waals surface area contributed by atoms with Crippen LogP contribution < -0.4 is 5.32 Å². The van der Waals surface area contributed by atoms with Crippen LogP contribution >= 0.6 is 11.6 Å². The second kappa shape index (κ2) is 5.82. The summed E-state index contributed by atoms with van der Waals surface area (Å²) in [6.45, 7) is 3.37. The van der Waals surface area contributed by atoms with Gasteiger partial charge in [-0.25, -0.2) is 0 Å². The van der Waals surface area contributed by atoms with Gasteiger partial charge >= 0.3 is 0 Å². The van der Waals surface area contributed by atoms with E-state index in [9.17, 15) is 0 Å². The first kappa shape index (κ1) is 10.3. The summed E-state index contributed by atoms with van der Waals surface area (Å²) < 4.78 is 0. The first-order valence-corrected chi connectivity index (χ1v) is 5.65. The monoisotopic (exact) mass is 189 g/mol. The summed E-state index contributed by atoms with van der Waals surface area (Å²) in [5.41, 5.74) is 0. The van der Waals surface area contributed by atoms with Crippen molar-refractivity contribution < 1.29 is 0 Å². The molecule has 1 saturated carbocycles. The van der Waals surface area contributed by atoms with E-state index in [2.05, 4.69) is 12.2 Å². The molecule has 1 fully saturated rings. The van der Waals surface area contributed by atoms with Gasteiger partial charge in [0.1, 0.15) is 0 Å². The highest BCUT2D eigenvalue weighted by Crippen LogP contribution is 2.22. The summed E-state index contributed by atoms with van der Waals surface area (Å²) in [7, 11) is 0. The van der Waals surface area contributed by atoms with E-state index in [1.807, 2.05) is 0 Å². The van der Waals surface area contributed by atoms with Gasteiger partial charge in [-0.3, -0.25) is 0 Å². The van der Waals surface area contributed by atoms with Crippen molar-refractivity contribution in [2.75, 3.05) is 6.54 Å². The van der Waals surface area contributed by atoms with Crippen molar-refractivity contribution in [2.45, 2.75) is 56.9 Å². The molecule has 1 N–H and O–H groups in total. The first-order chi connectivity index (χ1) is 5.84. The normalized spacial score (nSPS) is 30.5. The van der Waals surface area contributed by atoms with Crippen molar-refractivity contribution in [3.8, 4) is 0 Å². The minimum atomic E-state index is 0.385. The quantitative estimate of drug-likeness (QED) is 0.530. The fourth-order valence-corrected chi connectivity index (χ4v) is 2.15. The van der Waals surface area contributed by atoms with Crippen molar-refractivity contribution in [1.82, 2.24) is 5.32 Å².